The quantitative estimate of drug-likeness (QED) is 0.671. The minimum atomic E-state index is 0.672. The van der Waals surface area contributed by atoms with Crippen molar-refractivity contribution in [3.8, 4) is 5.75 Å². The maximum Gasteiger partial charge on any atom is 0.159 e. The van der Waals surface area contributed by atoms with Gasteiger partial charge in [0, 0.05) is 30.4 Å². The van der Waals surface area contributed by atoms with Crippen molar-refractivity contribution in [3.63, 3.8) is 0 Å². The Morgan fingerprint density at radius 2 is 2.14 bits per heavy atom. The Balaban J connectivity index is 1.45. The number of nitrogens with zero attached hydrogens (tertiary/aromatic N) is 4. The lowest BCUT2D eigenvalue weighted by Crippen LogP contribution is -2.38. The molecule has 7 nitrogen and oxygen atoms in total. The van der Waals surface area contributed by atoms with Gasteiger partial charge in [-0.25, -0.2) is 4.98 Å². The first-order chi connectivity index (χ1) is 14.3. The van der Waals surface area contributed by atoms with Gasteiger partial charge in [-0.2, -0.15) is 9.61 Å². The van der Waals surface area contributed by atoms with Crippen LogP contribution in [0.2, 0.25) is 0 Å². The van der Waals surface area contributed by atoms with Crippen LogP contribution in [0.1, 0.15) is 25.3 Å². The highest BCUT2D eigenvalue weighted by Crippen LogP contribution is 2.35. The first-order valence-corrected chi connectivity index (χ1v) is 10.6. The molecular formula is C22H28N6O. The number of piperidine rings is 1. The van der Waals surface area contributed by atoms with Crippen LogP contribution < -0.4 is 20.3 Å². The van der Waals surface area contributed by atoms with Gasteiger partial charge in [-0.1, -0.05) is 0 Å². The summed E-state index contributed by atoms with van der Waals surface area (Å²) in [6.07, 6.45) is 5.37. The largest absolute Gasteiger partial charge is 0.494 e. The van der Waals surface area contributed by atoms with E-state index < -0.39 is 0 Å². The van der Waals surface area contributed by atoms with E-state index in [-0.39, 0.29) is 0 Å². The van der Waals surface area contributed by atoms with Gasteiger partial charge in [0.1, 0.15) is 17.4 Å². The molecule has 29 heavy (non-hydrogen) atoms. The summed E-state index contributed by atoms with van der Waals surface area (Å²) in [5, 5.41) is 11.6. The highest BCUT2D eigenvalue weighted by atomic mass is 16.5. The van der Waals surface area contributed by atoms with Gasteiger partial charge in [0.2, 0.25) is 0 Å². The smallest absolute Gasteiger partial charge is 0.159 e. The van der Waals surface area contributed by atoms with Crippen molar-refractivity contribution in [1.29, 1.82) is 0 Å². The molecule has 3 aromatic rings. The van der Waals surface area contributed by atoms with Gasteiger partial charge in [-0.05, 0) is 69.5 Å². The molecule has 2 aromatic heterocycles. The normalized spacial score (nSPS) is 18.8. The van der Waals surface area contributed by atoms with Crippen LogP contribution in [0.3, 0.4) is 0 Å². The lowest BCUT2D eigenvalue weighted by molar-refractivity contribution is 0.340. The van der Waals surface area contributed by atoms with Crippen molar-refractivity contribution in [2.24, 2.45) is 5.92 Å². The maximum atomic E-state index is 5.56. The number of anilines is 3. The molecule has 0 radical (unpaired) electrons. The highest BCUT2D eigenvalue weighted by Gasteiger charge is 2.28. The van der Waals surface area contributed by atoms with E-state index in [1.807, 2.05) is 48.0 Å². The van der Waals surface area contributed by atoms with Gasteiger partial charge >= 0.3 is 0 Å². The third kappa shape index (κ3) is 3.62. The van der Waals surface area contributed by atoms with Crippen LogP contribution in [0.5, 0.6) is 5.75 Å². The Morgan fingerprint density at radius 1 is 1.24 bits per heavy atom. The predicted octanol–water partition coefficient (Wildman–Crippen LogP) is 3.23. The van der Waals surface area contributed by atoms with Crippen LogP contribution in [-0.2, 0) is 6.42 Å². The highest BCUT2D eigenvalue weighted by molar-refractivity contribution is 5.72. The first-order valence-electron chi connectivity index (χ1n) is 10.6. The van der Waals surface area contributed by atoms with E-state index in [1.165, 1.54) is 18.4 Å². The summed E-state index contributed by atoms with van der Waals surface area (Å²) in [4.78, 5) is 7.41. The van der Waals surface area contributed by atoms with Crippen molar-refractivity contribution in [2.45, 2.75) is 26.2 Å². The standard InChI is InChI=1S/C22H28N6O/c1-2-29-18-7-5-17(6-8-18)25-22-19-10-13-27(15-16-4-3-11-23-14-16)21(19)26-20-9-12-24-28(20)22/h5-9,12,16,23,25H,2-4,10-11,13-15H2,1H3. The molecule has 152 valence electrons. The van der Waals surface area contributed by atoms with Crippen LogP contribution in [-0.4, -0.2) is 47.4 Å². The van der Waals surface area contributed by atoms with Gasteiger partial charge in [0.05, 0.1) is 12.8 Å². The average molecular weight is 393 g/mol. The van der Waals surface area contributed by atoms with Crippen molar-refractivity contribution in [3.05, 3.63) is 42.1 Å². The molecule has 0 spiro atoms. The zero-order valence-corrected chi connectivity index (χ0v) is 16.9. The van der Waals surface area contributed by atoms with Crippen LogP contribution in [0.25, 0.3) is 5.65 Å². The van der Waals surface area contributed by atoms with Crippen LogP contribution in [0, 0.1) is 5.92 Å². The molecule has 2 aliphatic heterocycles. The van der Waals surface area contributed by atoms with Crippen molar-refractivity contribution in [2.75, 3.05) is 43.0 Å². The van der Waals surface area contributed by atoms with Gasteiger partial charge < -0.3 is 20.3 Å². The molecule has 2 aliphatic rings. The number of fused-ring (bicyclic) bond motifs is 2. The number of benzene rings is 1. The second-order valence-corrected chi connectivity index (χ2v) is 7.85. The summed E-state index contributed by atoms with van der Waals surface area (Å²) in [6, 6.07) is 10.1. The summed E-state index contributed by atoms with van der Waals surface area (Å²) in [7, 11) is 0. The van der Waals surface area contributed by atoms with Crippen LogP contribution >= 0.6 is 0 Å². The van der Waals surface area contributed by atoms with E-state index in [2.05, 4.69) is 20.6 Å². The molecule has 0 bridgehead atoms. The molecule has 0 amide bonds. The lowest BCUT2D eigenvalue weighted by atomic mass is 9.99. The van der Waals surface area contributed by atoms with E-state index in [4.69, 9.17) is 9.72 Å². The molecule has 1 aromatic carbocycles. The van der Waals surface area contributed by atoms with E-state index in [9.17, 15) is 0 Å². The van der Waals surface area contributed by atoms with Gasteiger partial charge in [-0.3, -0.25) is 0 Å². The monoisotopic (exact) mass is 392 g/mol. The summed E-state index contributed by atoms with van der Waals surface area (Å²) in [6.45, 7) is 7.01. The van der Waals surface area contributed by atoms with Gasteiger partial charge in [-0.15, -0.1) is 0 Å². The lowest BCUT2D eigenvalue weighted by Gasteiger charge is -2.28. The topological polar surface area (TPSA) is 66.7 Å². The maximum absolute atomic E-state index is 5.56. The Kier molecular flexibility index (Phi) is 4.97. The van der Waals surface area contributed by atoms with Crippen molar-refractivity contribution < 1.29 is 4.74 Å². The fraction of sp³-hybridized carbons (Fsp3) is 0.455. The van der Waals surface area contributed by atoms with Crippen molar-refractivity contribution >= 4 is 23.0 Å². The summed E-state index contributed by atoms with van der Waals surface area (Å²) >= 11 is 0. The number of hydrogen-bond acceptors (Lipinski definition) is 6. The van der Waals surface area contributed by atoms with Gasteiger partial charge in [0.25, 0.3) is 0 Å². The summed E-state index contributed by atoms with van der Waals surface area (Å²) in [5.74, 6) is 3.70. The Hall–Kier alpha value is -2.80. The van der Waals surface area contributed by atoms with E-state index in [0.717, 1.165) is 61.3 Å². The average Bonchev–Trinajstić information content (AvgIpc) is 3.38. The summed E-state index contributed by atoms with van der Waals surface area (Å²) < 4.78 is 7.48. The molecule has 1 fully saturated rings. The number of ether oxygens (including phenoxy) is 1. The van der Waals surface area contributed by atoms with E-state index >= 15 is 0 Å². The SMILES string of the molecule is CCOc1ccc(Nc2c3c(nc4ccnn24)N(CC2CCCNC2)CC3)cc1. The second kappa shape index (κ2) is 7.91. The predicted molar refractivity (Wildman–Crippen MR) is 115 cm³/mol. The molecule has 0 saturated carbocycles. The Labute approximate surface area is 171 Å². The summed E-state index contributed by atoms with van der Waals surface area (Å²) in [5.41, 5.74) is 3.15. The van der Waals surface area contributed by atoms with Crippen molar-refractivity contribution in [1.82, 2.24) is 19.9 Å². The fourth-order valence-corrected chi connectivity index (χ4v) is 4.44. The molecule has 1 unspecified atom stereocenters. The molecule has 0 aliphatic carbocycles. The third-order valence-corrected chi connectivity index (χ3v) is 5.85. The number of rotatable bonds is 6. The number of nitrogens with one attached hydrogen (secondary N) is 2. The Morgan fingerprint density at radius 3 is 2.93 bits per heavy atom. The zero-order valence-electron chi connectivity index (χ0n) is 16.9. The van der Waals surface area contributed by atoms with Crippen LogP contribution in [0.4, 0.5) is 17.3 Å². The fourth-order valence-electron chi connectivity index (χ4n) is 4.44. The number of aromatic nitrogens is 3. The van der Waals surface area contributed by atoms with Crippen LogP contribution in [0.15, 0.2) is 36.5 Å². The molecule has 7 heteroatoms. The van der Waals surface area contributed by atoms with Gasteiger partial charge in [0.15, 0.2) is 5.65 Å². The minimum absolute atomic E-state index is 0.672. The molecule has 1 atom stereocenters. The molecule has 5 rings (SSSR count). The minimum Gasteiger partial charge on any atom is -0.494 e. The molecule has 4 heterocycles. The zero-order chi connectivity index (χ0) is 19.6. The molecule has 2 N–H and O–H groups in total. The second-order valence-electron chi connectivity index (χ2n) is 7.85. The third-order valence-electron chi connectivity index (χ3n) is 5.85. The molecular weight excluding hydrogens is 364 g/mol. The molecule has 1 saturated heterocycles. The Bertz CT molecular complexity index is 977. The van der Waals surface area contributed by atoms with E-state index in [0.29, 0.717) is 12.5 Å². The first kappa shape index (κ1) is 18.2. The number of hydrogen-bond donors (Lipinski definition) is 2. The van der Waals surface area contributed by atoms with E-state index in [1.54, 1.807) is 0 Å².